The van der Waals surface area contributed by atoms with Crippen LogP contribution in [0.5, 0.6) is 0 Å². The van der Waals surface area contributed by atoms with Gasteiger partial charge in [-0.3, -0.25) is 4.79 Å². The van der Waals surface area contributed by atoms with E-state index in [0.29, 0.717) is 12.2 Å². The van der Waals surface area contributed by atoms with Crippen LogP contribution in [0.25, 0.3) is 0 Å². The number of fused-ring (bicyclic) bond motifs is 1. The molecule has 4 nitrogen and oxygen atoms in total. The second kappa shape index (κ2) is 5.37. The van der Waals surface area contributed by atoms with Gasteiger partial charge in [-0.1, -0.05) is 18.2 Å². The number of amides is 1. The van der Waals surface area contributed by atoms with Crippen LogP contribution in [0.1, 0.15) is 27.3 Å². The summed E-state index contributed by atoms with van der Waals surface area (Å²) in [5.74, 6) is 0.0587. The van der Waals surface area contributed by atoms with E-state index < -0.39 is 0 Å². The van der Waals surface area contributed by atoms with Crippen LogP contribution in [0.15, 0.2) is 30.3 Å². The first kappa shape index (κ1) is 13.9. The summed E-state index contributed by atoms with van der Waals surface area (Å²) < 4.78 is 0. The molecule has 1 aromatic carbocycles. The molecule has 0 saturated heterocycles. The molecule has 0 atom stereocenters. The van der Waals surface area contributed by atoms with Crippen LogP contribution in [0, 0.1) is 13.8 Å². The van der Waals surface area contributed by atoms with Gasteiger partial charge in [0.2, 0.25) is 0 Å². The fraction of sp³-hybridized carbons (Fsp3) is 0.353. The summed E-state index contributed by atoms with van der Waals surface area (Å²) in [5.41, 5.74) is 4.96. The fourth-order valence-electron chi connectivity index (χ4n) is 2.97. The average Bonchev–Trinajstić information content (AvgIpc) is 2.69. The molecule has 2 heterocycles. The quantitative estimate of drug-likeness (QED) is 0.874. The Morgan fingerprint density at radius 1 is 1.19 bits per heavy atom. The maximum absolute atomic E-state index is 12.9. The lowest BCUT2D eigenvalue weighted by atomic mass is 10.1. The standard InChI is InChI=1S/C17H21N3O/c1-12-10-13(2)18-16(12)17(21)20-9-8-19(3)11-14-6-4-5-7-15(14)20/h4-7,10,18H,8-9,11H2,1-3H3. The average molecular weight is 283 g/mol. The van der Waals surface area contributed by atoms with Gasteiger partial charge in [0.25, 0.3) is 5.91 Å². The highest BCUT2D eigenvalue weighted by Gasteiger charge is 2.25. The number of nitrogens with zero attached hydrogens (tertiary/aromatic N) is 2. The Bertz CT molecular complexity index is 674. The van der Waals surface area contributed by atoms with Crippen LogP contribution < -0.4 is 4.90 Å². The highest BCUT2D eigenvalue weighted by atomic mass is 16.2. The third-order valence-electron chi connectivity index (χ3n) is 4.04. The minimum absolute atomic E-state index is 0.0587. The molecule has 0 fully saturated rings. The Morgan fingerprint density at radius 2 is 1.95 bits per heavy atom. The Hall–Kier alpha value is -2.07. The van der Waals surface area contributed by atoms with Crippen LogP contribution in [-0.2, 0) is 6.54 Å². The molecule has 0 aliphatic carbocycles. The van der Waals surface area contributed by atoms with Gasteiger partial charge < -0.3 is 14.8 Å². The van der Waals surface area contributed by atoms with E-state index in [1.807, 2.05) is 43.0 Å². The lowest BCUT2D eigenvalue weighted by Gasteiger charge is -2.22. The first-order valence-corrected chi connectivity index (χ1v) is 7.31. The van der Waals surface area contributed by atoms with Crippen LogP contribution in [0.4, 0.5) is 5.69 Å². The van der Waals surface area contributed by atoms with Crippen molar-refractivity contribution in [2.45, 2.75) is 20.4 Å². The van der Waals surface area contributed by atoms with Crippen molar-refractivity contribution in [2.75, 3.05) is 25.0 Å². The van der Waals surface area contributed by atoms with Gasteiger partial charge in [-0.05, 0) is 44.2 Å². The first-order chi connectivity index (χ1) is 10.1. The number of anilines is 1. The molecule has 3 rings (SSSR count). The number of nitrogens with one attached hydrogen (secondary N) is 1. The molecule has 1 aliphatic heterocycles. The molecule has 4 heteroatoms. The predicted octanol–water partition coefficient (Wildman–Crippen LogP) is 2.72. The maximum atomic E-state index is 12.9. The molecule has 1 aliphatic rings. The Balaban J connectivity index is 2.02. The number of H-pyrrole nitrogens is 1. The van der Waals surface area contributed by atoms with E-state index in [-0.39, 0.29) is 5.91 Å². The second-order valence-corrected chi connectivity index (χ2v) is 5.83. The number of aromatic amines is 1. The molecule has 1 amide bonds. The number of aromatic nitrogens is 1. The number of aryl methyl sites for hydroxylation is 2. The number of carbonyl (C=O) groups is 1. The van der Waals surface area contributed by atoms with Crippen LogP contribution >= 0.6 is 0 Å². The van der Waals surface area contributed by atoms with Crippen LogP contribution in [0.2, 0.25) is 0 Å². The van der Waals surface area contributed by atoms with Gasteiger partial charge in [0.15, 0.2) is 0 Å². The zero-order chi connectivity index (χ0) is 15.0. The lowest BCUT2D eigenvalue weighted by molar-refractivity contribution is 0.0981. The number of para-hydroxylation sites is 1. The smallest absolute Gasteiger partial charge is 0.275 e. The summed E-state index contributed by atoms with van der Waals surface area (Å²) in [7, 11) is 2.09. The van der Waals surface area contributed by atoms with Gasteiger partial charge in [-0.2, -0.15) is 0 Å². The minimum atomic E-state index is 0.0587. The number of benzene rings is 1. The number of carbonyl (C=O) groups excluding carboxylic acids is 1. The normalized spacial score (nSPS) is 15.7. The molecule has 2 aromatic rings. The molecule has 110 valence electrons. The van der Waals surface area contributed by atoms with Gasteiger partial charge >= 0.3 is 0 Å². The van der Waals surface area contributed by atoms with Crippen molar-refractivity contribution >= 4 is 11.6 Å². The molecule has 0 bridgehead atoms. The predicted molar refractivity (Wildman–Crippen MR) is 84.7 cm³/mol. The van der Waals surface area contributed by atoms with E-state index in [0.717, 1.165) is 30.0 Å². The van der Waals surface area contributed by atoms with Gasteiger partial charge in [-0.25, -0.2) is 0 Å². The fourth-order valence-corrected chi connectivity index (χ4v) is 2.97. The summed E-state index contributed by atoms with van der Waals surface area (Å²) in [6, 6.07) is 10.2. The molecule has 0 saturated carbocycles. The Labute approximate surface area is 125 Å². The molecular formula is C17H21N3O. The largest absolute Gasteiger partial charge is 0.354 e. The zero-order valence-electron chi connectivity index (χ0n) is 12.8. The minimum Gasteiger partial charge on any atom is -0.354 e. The maximum Gasteiger partial charge on any atom is 0.275 e. The van der Waals surface area contributed by atoms with Crippen molar-refractivity contribution in [3.63, 3.8) is 0 Å². The molecule has 0 spiro atoms. The van der Waals surface area contributed by atoms with E-state index in [1.54, 1.807) is 0 Å². The van der Waals surface area contributed by atoms with Gasteiger partial charge in [0, 0.05) is 31.0 Å². The summed E-state index contributed by atoms with van der Waals surface area (Å²) >= 11 is 0. The molecule has 1 N–H and O–H groups in total. The first-order valence-electron chi connectivity index (χ1n) is 7.31. The number of rotatable bonds is 1. The number of hydrogen-bond donors (Lipinski definition) is 1. The van der Waals surface area contributed by atoms with Crippen molar-refractivity contribution in [3.8, 4) is 0 Å². The van der Waals surface area contributed by atoms with Gasteiger partial charge in [0.05, 0.1) is 0 Å². The molecular weight excluding hydrogens is 262 g/mol. The summed E-state index contributed by atoms with van der Waals surface area (Å²) in [5, 5.41) is 0. The summed E-state index contributed by atoms with van der Waals surface area (Å²) in [4.78, 5) is 20.3. The Morgan fingerprint density at radius 3 is 2.67 bits per heavy atom. The van der Waals surface area contributed by atoms with E-state index in [1.165, 1.54) is 5.56 Å². The third kappa shape index (κ3) is 2.59. The van der Waals surface area contributed by atoms with Crippen molar-refractivity contribution < 1.29 is 4.79 Å². The number of likely N-dealkylation sites (N-methyl/N-ethyl adjacent to an activating group) is 1. The number of hydrogen-bond acceptors (Lipinski definition) is 2. The molecule has 21 heavy (non-hydrogen) atoms. The van der Waals surface area contributed by atoms with Crippen molar-refractivity contribution in [1.82, 2.24) is 9.88 Å². The van der Waals surface area contributed by atoms with E-state index in [4.69, 9.17) is 0 Å². The highest BCUT2D eigenvalue weighted by molar-refractivity contribution is 6.06. The van der Waals surface area contributed by atoms with Crippen molar-refractivity contribution in [3.05, 3.63) is 52.8 Å². The summed E-state index contributed by atoms with van der Waals surface area (Å²) in [6.07, 6.45) is 0. The van der Waals surface area contributed by atoms with Gasteiger partial charge in [0.1, 0.15) is 5.69 Å². The van der Waals surface area contributed by atoms with Crippen molar-refractivity contribution in [1.29, 1.82) is 0 Å². The second-order valence-electron chi connectivity index (χ2n) is 5.83. The van der Waals surface area contributed by atoms with E-state index in [9.17, 15) is 4.79 Å². The van der Waals surface area contributed by atoms with E-state index >= 15 is 0 Å². The topological polar surface area (TPSA) is 39.3 Å². The Kier molecular flexibility index (Phi) is 3.55. The SMILES string of the molecule is Cc1cc(C)c(C(=O)N2CCN(C)Cc3ccccc32)[nH]1. The lowest BCUT2D eigenvalue weighted by Crippen LogP contribution is -2.35. The monoisotopic (exact) mass is 283 g/mol. The molecule has 0 unspecified atom stereocenters. The summed E-state index contributed by atoms with van der Waals surface area (Å²) in [6.45, 7) is 6.42. The zero-order valence-corrected chi connectivity index (χ0v) is 12.8. The third-order valence-corrected chi connectivity index (χ3v) is 4.04. The molecule has 1 aromatic heterocycles. The highest BCUT2D eigenvalue weighted by Crippen LogP contribution is 2.26. The van der Waals surface area contributed by atoms with Crippen molar-refractivity contribution in [2.24, 2.45) is 0 Å². The van der Waals surface area contributed by atoms with Gasteiger partial charge in [-0.15, -0.1) is 0 Å². The van der Waals surface area contributed by atoms with Crippen LogP contribution in [0.3, 0.4) is 0 Å². The van der Waals surface area contributed by atoms with E-state index in [2.05, 4.69) is 23.0 Å². The molecule has 0 radical (unpaired) electrons. The van der Waals surface area contributed by atoms with Crippen LogP contribution in [-0.4, -0.2) is 35.9 Å².